The van der Waals surface area contributed by atoms with Crippen LogP contribution >= 0.6 is 11.3 Å². The van der Waals surface area contributed by atoms with E-state index < -0.39 is 5.76 Å². The Morgan fingerprint density at radius 2 is 2.15 bits per heavy atom. The fourth-order valence-corrected chi connectivity index (χ4v) is 2.48. The lowest BCUT2D eigenvalue weighted by atomic mass is 10.1. The Kier molecular flexibility index (Phi) is 3.19. The number of benzene rings is 1. The fraction of sp³-hybridized carbons (Fsp3) is 0.0714. The number of nitriles is 1. The molecule has 0 aliphatic heterocycles. The molecule has 0 bridgehead atoms. The van der Waals surface area contributed by atoms with Crippen LogP contribution in [0.3, 0.4) is 0 Å². The lowest BCUT2D eigenvalue weighted by Gasteiger charge is -2.01. The van der Waals surface area contributed by atoms with Gasteiger partial charge in [0.2, 0.25) is 0 Å². The van der Waals surface area contributed by atoms with Gasteiger partial charge in [0.05, 0.1) is 23.1 Å². The molecule has 0 amide bonds. The van der Waals surface area contributed by atoms with E-state index >= 15 is 0 Å². The minimum Gasteiger partial charge on any atom is -0.387 e. The van der Waals surface area contributed by atoms with Gasteiger partial charge in [-0.15, -0.1) is 16.4 Å². The summed E-state index contributed by atoms with van der Waals surface area (Å²) in [6.45, 7) is 0.220. The summed E-state index contributed by atoms with van der Waals surface area (Å²) in [5.41, 5.74) is 1.27. The molecular weight excluding hydrogens is 274 g/mol. The molecule has 3 aromatic rings. The first kappa shape index (κ1) is 12.4. The molecule has 6 heteroatoms. The molecule has 2 heterocycles. The van der Waals surface area contributed by atoms with Gasteiger partial charge in [0.15, 0.2) is 0 Å². The molecule has 0 N–H and O–H groups in total. The first-order valence-corrected chi connectivity index (χ1v) is 6.76. The van der Waals surface area contributed by atoms with Crippen molar-refractivity contribution in [2.45, 2.75) is 6.54 Å². The van der Waals surface area contributed by atoms with Gasteiger partial charge in [-0.3, -0.25) is 0 Å². The van der Waals surface area contributed by atoms with Gasteiger partial charge in [-0.2, -0.15) is 9.94 Å². The highest BCUT2D eigenvalue weighted by Crippen LogP contribution is 2.21. The monoisotopic (exact) mass is 283 g/mol. The standard InChI is InChI=1S/C14H9N3O2S/c15-8-10-4-1-2-5-11(10)9-17-14(18)19-13(16-17)12-6-3-7-20-12/h1-7H,9H2. The van der Waals surface area contributed by atoms with Crippen LogP contribution in [0.5, 0.6) is 0 Å². The third-order valence-electron chi connectivity index (χ3n) is 2.80. The van der Waals surface area contributed by atoms with Crippen molar-refractivity contribution in [3.63, 3.8) is 0 Å². The maximum absolute atomic E-state index is 11.8. The van der Waals surface area contributed by atoms with E-state index in [0.717, 1.165) is 10.4 Å². The van der Waals surface area contributed by atoms with Crippen LogP contribution in [0, 0.1) is 11.3 Å². The summed E-state index contributed by atoms with van der Waals surface area (Å²) in [5.74, 6) is -0.222. The Labute approximate surface area is 118 Å². The average molecular weight is 283 g/mol. The van der Waals surface area contributed by atoms with Crippen molar-refractivity contribution in [3.8, 4) is 16.8 Å². The van der Waals surface area contributed by atoms with E-state index in [1.54, 1.807) is 18.2 Å². The second-order valence-corrected chi connectivity index (χ2v) is 5.02. The minimum atomic E-state index is -0.527. The molecule has 98 valence electrons. The number of nitrogens with zero attached hydrogens (tertiary/aromatic N) is 3. The number of hydrogen-bond donors (Lipinski definition) is 0. The van der Waals surface area contributed by atoms with Gasteiger partial charge >= 0.3 is 5.76 Å². The molecule has 2 aromatic heterocycles. The summed E-state index contributed by atoms with van der Waals surface area (Å²) in [4.78, 5) is 12.6. The Morgan fingerprint density at radius 3 is 2.90 bits per heavy atom. The van der Waals surface area contributed by atoms with Gasteiger partial charge in [-0.05, 0) is 23.1 Å². The van der Waals surface area contributed by atoms with Crippen LogP contribution in [-0.2, 0) is 6.54 Å². The van der Waals surface area contributed by atoms with Gasteiger partial charge < -0.3 is 4.42 Å². The zero-order valence-corrected chi connectivity index (χ0v) is 11.1. The van der Waals surface area contributed by atoms with E-state index in [1.807, 2.05) is 23.6 Å². The maximum Gasteiger partial charge on any atom is 0.437 e. The molecule has 0 aliphatic rings. The topological polar surface area (TPSA) is 71.8 Å². The number of rotatable bonds is 3. The molecule has 20 heavy (non-hydrogen) atoms. The van der Waals surface area contributed by atoms with E-state index in [-0.39, 0.29) is 6.54 Å². The Morgan fingerprint density at radius 1 is 1.30 bits per heavy atom. The van der Waals surface area contributed by atoms with E-state index in [0.29, 0.717) is 11.5 Å². The second kappa shape index (κ2) is 5.15. The summed E-state index contributed by atoms with van der Waals surface area (Å²) >= 11 is 1.45. The summed E-state index contributed by atoms with van der Waals surface area (Å²) in [7, 11) is 0. The molecule has 5 nitrogen and oxygen atoms in total. The van der Waals surface area contributed by atoms with E-state index in [1.165, 1.54) is 16.0 Å². The van der Waals surface area contributed by atoms with Crippen molar-refractivity contribution in [3.05, 3.63) is 63.5 Å². The smallest absolute Gasteiger partial charge is 0.387 e. The Bertz CT molecular complexity index is 825. The third kappa shape index (κ3) is 2.27. The normalized spacial score (nSPS) is 10.3. The summed E-state index contributed by atoms with van der Waals surface area (Å²) in [5, 5.41) is 15.1. The van der Waals surface area contributed by atoms with Gasteiger partial charge in [-0.25, -0.2) is 4.79 Å². The van der Waals surface area contributed by atoms with Crippen molar-refractivity contribution in [1.29, 1.82) is 5.26 Å². The van der Waals surface area contributed by atoms with Crippen molar-refractivity contribution >= 4 is 11.3 Å². The molecule has 0 unspecified atom stereocenters. The molecule has 0 fully saturated rings. The highest BCUT2D eigenvalue weighted by atomic mass is 32.1. The Balaban J connectivity index is 1.96. The van der Waals surface area contributed by atoms with Crippen LogP contribution in [0.25, 0.3) is 10.8 Å². The number of thiophene rings is 1. The first-order valence-electron chi connectivity index (χ1n) is 5.88. The van der Waals surface area contributed by atoms with Crippen LogP contribution < -0.4 is 5.76 Å². The van der Waals surface area contributed by atoms with Crippen molar-refractivity contribution in [2.24, 2.45) is 0 Å². The largest absolute Gasteiger partial charge is 0.437 e. The lowest BCUT2D eigenvalue weighted by molar-refractivity contribution is 0.495. The number of hydrogen-bond acceptors (Lipinski definition) is 5. The minimum absolute atomic E-state index is 0.220. The molecule has 0 spiro atoms. The molecule has 0 atom stereocenters. The molecular formula is C14H9N3O2S. The zero-order chi connectivity index (χ0) is 13.9. The molecule has 3 rings (SSSR count). The lowest BCUT2D eigenvalue weighted by Crippen LogP contribution is -2.17. The van der Waals surface area contributed by atoms with E-state index in [2.05, 4.69) is 11.2 Å². The van der Waals surface area contributed by atoms with Crippen LogP contribution in [0.4, 0.5) is 0 Å². The predicted molar refractivity (Wildman–Crippen MR) is 74.3 cm³/mol. The van der Waals surface area contributed by atoms with Gasteiger partial charge in [0, 0.05) is 0 Å². The first-order chi connectivity index (χ1) is 9.78. The zero-order valence-electron chi connectivity index (χ0n) is 10.3. The molecule has 0 saturated heterocycles. The van der Waals surface area contributed by atoms with Crippen LogP contribution in [0.2, 0.25) is 0 Å². The summed E-state index contributed by atoms with van der Waals surface area (Å²) in [6.07, 6.45) is 0. The van der Waals surface area contributed by atoms with Gasteiger partial charge in [0.25, 0.3) is 5.89 Å². The maximum atomic E-state index is 11.8. The highest BCUT2D eigenvalue weighted by molar-refractivity contribution is 7.13. The Hall–Kier alpha value is -2.65. The van der Waals surface area contributed by atoms with Crippen molar-refractivity contribution in [2.75, 3.05) is 0 Å². The predicted octanol–water partition coefficient (Wildman–Crippen LogP) is 2.48. The van der Waals surface area contributed by atoms with E-state index in [9.17, 15) is 4.79 Å². The number of aromatic nitrogens is 2. The second-order valence-electron chi connectivity index (χ2n) is 4.08. The SMILES string of the molecule is N#Cc1ccccc1Cn1nc(-c2cccs2)oc1=O. The quantitative estimate of drug-likeness (QED) is 0.740. The molecule has 0 radical (unpaired) electrons. The fourth-order valence-electron chi connectivity index (χ4n) is 1.83. The molecule has 0 aliphatic carbocycles. The summed E-state index contributed by atoms with van der Waals surface area (Å²) < 4.78 is 6.36. The third-order valence-corrected chi connectivity index (χ3v) is 3.65. The van der Waals surface area contributed by atoms with Crippen molar-refractivity contribution in [1.82, 2.24) is 9.78 Å². The van der Waals surface area contributed by atoms with Gasteiger partial charge in [-0.1, -0.05) is 24.3 Å². The van der Waals surface area contributed by atoms with Crippen LogP contribution in [0.1, 0.15) is 11.1 Å². The molecule has 0 saturated carbocycles. The highest BCUT2D eigenvalue weighted by Gasteiger charge is 2.12. The summed E-state index contributed by atoms with van der Waals surface area (Å²) in [6, 6.07) is 12.9. The van der Waals surface area contributed by atoms with E-state index in [4.69, 9.17) is 9.68 Å². The molecule has 1 aromatic carbocycles. The van der Waals surface area contributed by atoms with Crippen LogP contribution in [-0.4, -0.2) is 9.78 Å². The van der Waals surface area contributed by atoms with Crippen LogP contribution in [0.15, 0.2) is 51.0 Å². The van der Waals surface area contributed by atoms with Gasteiger partial charge in [0.1, 0.15) is 0 Å². The van der Waals surface area contributed by atoms with Crippen molar-refractivity contribution < 1.29 is 4.42 Å². The average Bonchev–Trinajstić information content (AvgIpc) is 3.10.